The molecule has 134 valence electrons. The van der Waals surface area contributed by atoms with Crippen molar-refractivity contribution >= 4 is 0 Å². The van der Waals surface area contributed by atoms with E-state index in [1.54, 1.807) is 37.5 Å². The lowest BCUT2D eigenvalue weighted by Crippen LogP contribution is -2.07. The second-order valence-electron chi connectivity index (χ2n) is 5.62. The molecule has 0 radical (unpaired) electrons. The van der Waals surface area contributed by atoms with Gasteiger partial charge in [0, 0.05) is 24.0 Å². The number of rotatable bonds is 6. The largest absolute Gasteiger partial charge is 0.491 e. The first-order valence-electron chi connectivity index (χ1n) is 8.16. The van der Waals surface area contributed by atoms with E-state index in [0.29, 0.717) is 29.6 Å². The SMILES string of the molecule is C[C@H](O)c1nccn1Cc1cc(C#Cc2ccc(OCCO)cc2)on1. The van der Waals surface area contributed by atoms with E-state index < -0.39 is 6.10 Å². The molecule has 3 aromatic rings. The van der Waals surface area contributed by atoms with Crippen molar-refractivity contribution in [2.75, 3.05) is 13.2 Å². The smallest absolute Gasteiger partial charge is 0.210 e. The van der Waals surface area contributed by atoms with Crippen molar-refractivity contribution in [3.8, 4) is 17.6 Å². The second kappa shape index (κ2) is 8.34. The van der Waals surface area contributed by atoms with Gasteiger partial charge in [-0.05, 0) is 37.1 Å². The van der Waals surface area contributed by atoms with Crippen LogP contribution in [0.2, 0.25) is 0 Å². The zero-order valence-corrected chi connectivity index (χ0v) is 14.3. The third kappa shape index (κ3) is 4.51. The maximum Gasteiger partial charge on any atom is 0.210 e. The topological polar surface area (TPSA) is 93.5 Å². The summed E-state index contributed by atoms with van der Waals surface area (Å²) in [5, 5.41) is 22.4. The molecule has 0 aliphatic heterocycles. The third-order valence-corrected chi connectivity index (χ3v) is 3.56. The first-order valence-corrected chi connectivity index (χ1v) is 8.16. The number of hydrogen-bond donors (Lipinski definition) is 2. The van der Waals surface area contributed by atoms with Crippen molar-refractivity contribution < 1.29 is 19.5 Å². The summed E-state index contributed by atoms with van der Waals surface area (Å²) in [5.74, 6) is 7.64. The van der Waals surface area contributed by atoms with Crippen LogP contribution in [-0.4, -0.2) is 38.1 Å². The molecule has 0 aliphatic rings. The third-order valence-electron chi connectivity index (χ3n) is 3.56. The summed E-state index contributed by atoms with van der Waals surface area (Å²) in [5.41, 5.74) is 1.51. The van der Waals surface area contributed by atoms with Gasteiger partial charge in [-0.3, -0.25) is 0 Å². The van der Waals surface area contributed by atoms with Crippen LogP contribution in [0.4, 0.5) is 0 Å². The van der Waals surface area contributed by atoms with Gasteiger partial charge >= 0.3 is 0 Å². The van der Waals surface area contributed by atoms with E-state index in [1.165, 1.54) is 0 Å². The molecule has 0 saturated heterocycles. The molecule has 3 rings (SSSR count). The lowest BCUT2D eigenvalue weighted by atomic mass is 10.2. The molecule has 1 atom stereocenters. The lowest BCUT2D eigenvalue weighted by molar-refractivity contribution is 0.184. The molecule has 0 aliphatic carbocycles. The molecule has 0 spiro atoms. The Morgan fingerprint density at radius 1 is 1.27 bits per heavy atom. The number of benzene rings is 1. The first kappa shape index (κ1) is 17.7. The second-order valence-corrected chi connectivity index (χ2v) is 5.62. The Balaban J connectivity index is 1.65. The van der Waals surface area contributed by atoms with Crippen LogP contribution in [0.1, 0.15) is 35.9 Å². The van der Waals surface area contributed by atoms with E-state index in [4.69, 9.17) is 14.4 Å². The number of aromatic nitrogens is 3. The highest BCUT2D eigenvalue weighted by molar-refractivity contribution is 5.41. The molecular formula is C19H19N3O4. The van der Waals surface area contributed by atoms with Crippen LogP contribution in [0, 0.1) is 11.8 Å². The van der Waals surface area contributed by atoms with Crippen LogP contribution in [0.25, 0.3) is 0 Å². The quantitative estimate of drug-likeness (QED) is 0.656. The lowest BCUT2D eigenvalue weighted by Gasteiger charge is -2.07. The predicted molar refractivity (Wildman–Crippen MR) is 93.5 cm³/mol. The van der Waals surface area contributed by atoms with Gasteiger partial charge in [0.05, 0.1) is 13.2 Å². The molecule has 7 nitrogen and oxygen atoms in total. The molecule has 0 amide bonds. The number of ether oxygens (including phenoxy) is 1. The molecule has 7 heteroatoms. The summed E-state index contributed by atoms with van der Waals surface area (Å²) in [4.78, 5) is 4.12. The van der Waals surface area contributed by atoms with E-state index in [9.17, 15) is 5.11 Å². The standard InChI is InChI=1S/C19H19N3O4/c1-14(24)19-20-8-9-22(19)13-16-12-18(26-21-16)7-4-15-2-5-17(6-3-15)25-11-10-23/h2-3,5-6,8-9,12,14,23-24H,10-11,13H2,1H3/t14-/m0/s1. The average molecular weight is 353 g/mol. The molecule has 26 heavy (non-hydrogen) atoms. The van der Waals surface area contributed by atoms with E-state index in [1.807, 2.05) is 16.7 Å². The monoisotopic (exact) mass is 353 g/mol. The summed E-state index contributed by atoms with van der Waals surface area (Å²) < 4.78 is 12.4. The van der Waals surface area contributed by atoms with Gasteiger partial charge in [-0.1, -0.05) is 11.1 Å². The Kier molecular flexibility index (Phi) is 5.69. The minimum Gasteiger partial charge on any atom is -0.491 e. The Bertz CT molecular complexity index is 901. The molecule has 1 aromatic carbocycles. The zero-order chi connectivity index (χ0) is 18.4. The number of nitrogens with zero attached hydrogens (tertiary/aromatic N) is 3. The summed E-state index contributed by atoms with van der Waals surface area (Å²) in [7, 11) is 0. The van der Waals surface area contributed by atoms with Crippen molar-refractivity contribution in [1.82, 2.24) is 14.7 Å². The van der Waals surface area contributed by atoms with Crippen LogP contribution < -0.4 is 4.74 Å². The maximum atomic E-state index is 9.68. The maximum absolute atomic E-state index is 9.68. The van der Waals surface area contributed by atoms with Crippen molar-refractivity contribution in [3.63, 3.8) is 0 Å². The van der Waals surface area contributed by atoms with Crippen LogP contribution in [0.5, 0.6) is 5.75 Å². The predicted octanol–water partition coefficient (Wildman–Crippen LogP) is 1.74. The highest BCUT2D eigenvalue weighted by atomic mass is 16.5. The van der Waals surface area contributed by atoms with Crippen LogP contribution in [-0.2, 0) is 6.54 Å². The van der Waals surface area contributed by atoms with Crippen molar-refractivity contribution in [2.45, 2.75) is 19.6 Å². The van der Waals surface area contributed by atoms with Gasteiger partial charge in [0.25, 0.3) is 0 Å². The summed E-state index contributed by atoms with van der Waals surface area (Å²) in [6.45, 7) is 2.35. The van der Waals surface area contributed by atoms with E-state index in [0.717, 1.165) is 5.56 Å². The van der Waals surface area contributed by atoms with Crippen LogP contribution in [0.3, 0.4) is 0 Å². The molecule has 2 heterocycles. The molecule has 0 saturated carbocycles. The average Bonchev–Trinajstić information content (AvgIpc) is 3.29. The molecular weight excluding hydrogens is 334 g/mol. The Morgan fingerprint density at radius 3 is 2.81 bits per heavy atom. The Labute approximate surface area is 150 Å². The fraction of sp³-hybridized carbons (Fsp3) is 0.263. The van der Waals surface area contributed by atoms with Gasteiger partial charge in [-0.15, -0.1) is 0 Å². The van der Waals surface area contributed by atoms with E-state index in [-0.39, 0.29) is 13.2 Å². The molecule has 0 bridgehead atoms. The van der Waals surface area contributed by atoms with Crippen LogP contribution in [0.15, 0.2) is 47.2 Å². The molecule has 0 unspecified atom stereocenters. The van der Waals surface area contributed by atoms with Gasteiger partial charge in [0.15, 0.2) is 0 Å². The van der Waals surface area contributed by atoms with Gasteiger partial charge in [-0.2, -0.15) is 0 Å². The fourth-order valence-corrected chi connectivity index (χ4v) is 2.37. The molecule has 2 aromatic heterocycles. The van der Waals surface area contributed by atoms with Crippen molar-refractivity contribution in [1.29, 1.82) is 0 Å². The first-order chi connectivity index (χ1) is 12.7. The molecule has 0 fully saturated rings. The number of aliphatic hydroxyl groups excluding tert-OH is 2. The van der Waals surface area contributed by atoms with Crippen molar-refractivity contribution in [2.24, 2.45) is 0 Å². The minimum atomic E-state index is -0.652. The molecule has 2 N–H and O–H groups in total. The van der Waals surface area contributed by atoms with Gasteiger partial charge in [-0.25, -0.2) is 4.98 Å². The Hall–Kier alpha value is -3.08. The number of hydrogen-bond acceptors (Lipinski definition) is 6. The highest BCUT2D eigenvalue weighted by Gasteiger charge is 2.10. The number of imidazole rings is 1. The van der Waals surface area contributed by atoms with E-state index >= 15 is 0 Å². The normalized spacial score (nSPS) is 11.7. The zero-order valence-electron chi connectivity index (χ0n) is 14.3. The fourth-order valence-electron chi connectivity index (χ4n) is 2.37. The van der Waals surface area contributed by atoms with Gasteiger partial charge in [0.2, 0.25) is 5.76 Å². The summed E-state index contributed by atoms with van der Waals surface area (Å²) in [6.07, 6.45) is 2.76. The van der Waals surface area contributed by atoms with Gasteiger partial charge in [0.1, 0.15) is 30.0 Å². The summed E-state index contributed by atoms with van der Waals surface area (Å²) >= 11 is 0. The minimum absolute atomic E-state index is 0.0207. The number of aliphatic hydroxyl groups is 2. The van der Waals surface area contributed by atoms with Gasteiger partial charge < -0.3 is 24.0 Å². The Morgan fingerprint density at radius 2 is 2.08 bits per heavy atom. The van der Waals surface area contributed by atoms with E-state index in [2.05, 4.69) is 22.0 Å². The van der Waals surface area contributed by atoms with Crippen molar-refractivity contribution in [3.05, 3.63) is 65.6 Å². The summed E-state index contributed by atoms with van der Waals surface area (Å²) in [6, 6.07) is 9.01. The highest BCUT2D eigenvalue weighted by Crippen LogP contribution is 2.13. The van der Waals surface area contributed by atoms with Crippen LogP contribution >= 0.6 is 0 Å².